The van der Waals surface area contributed by atoms with Crippen LogP contribution in [0.3, 0.4) is 0 Å². The molecule has 9 heteroatoms. The Kier molecular flexibility index (Phi) is 37.5. The second-order valence-corrected chi connectivity index (χ2v) is 16.7. The lowest BCUT2D eigenvalue weighted by atomic mass is 10.0. The summed E-state index contributed by atoms with van der Waals surface area (Å²) in [6.45, 7) is 4.79. The average molecular weight is 783 g/mol. The van der Waals surface area contributed by atoms with Gasteiger partial charge in [-0.05, 0) is 38.5 Å². The van der Waals surface area contributed by atoms with Gasteiger partial charge in [-0.15, -0.1) is 0 Å². The van der Waals surface area contributed by atoms with Gasteiger partial charge in [0.05, 0.1) is 34.4 Å². The van der Waals surface area contributed by atoms with Crippen molar-refractivity contribution in [3.8, 4) is 0 Å². The molecule has 0 radical (unpaired) electrons. The zero-order chi connectivity index (χ0) is 40.7. The van der Waals surface area contributed by atoms with Crippen LogP contribution in [0.15, 0.2) is 12.2 Å². The maximum atomic E-state index is 12.7. The molecule has 0 aliphatic heterocycles. The van der Waals surface area contributed by atoms with Gasteiger partial charge < -0.3 is 28.5 Å². The van der Waals surface area contributed by atoms with E-state index < -0.39 is 24.3 Å². The number of aliphatic carboxylic acids is 1. The van der Waals surface area contributed by atoms with Crippen LogP contribution in [0.5, 0.6) is 0 Å². The summed E-state index contributed by atoms with van der Waals surface area (Å²) in [5, 5.41) is 9.58. The summed E-state index contributed by atoms with van der Waals surface area (Å²) < 4.78 is 22.6. The van der Waals surface area contributed by atoms with Crippen molar-refractivity contribution in [1.82, 2.24) is 0 Å². The first kappa shape index (κ1) is 53.0. The first-order valence-corrected chi connectivity index (χ1v) is 22.9. The minimum absolute atomic E-state index is 0.179. The molecular weight excluding hydrogens is 695 g/mol. The van der Waals surface area contributed by atoms with Crippen molar-refractivity contribution in [3.63, 3.8) is 0 Å². The molecule has 2 unspecified atom stereocenters. The van der Waals surface area contributed by atoms with Crippen LogP contribution in [0, 0.1) is 0 Å². The SMILES string of the molecule is CCCCCCCCCC/C=C\CCCCCCCCCCCCCCCC(=O)OC(COC(=O)CCCCCCC)COC(OCC[N+](C)(C)C)C(=O)O. The molecule has 0 aromatic rings. The lowest BCUT2D eigenvalue weighted by molar-refractivity contribution is -0.870. The van der Waals surface area contributed by atoms with Crippen LogP contribution in [-0.4, -0.2) is 87.4 Å². The number of carbonyl (C=O) groups is 3. The molecule has 9 nitrogen and oxygen atoms in total. The summed E-state index contributed by atoms with van der Waals surface area (Å²) in [7, 11) is 5.95. The van der Waals surface area contributed by atoms with Crippen molar-refractivity contribution >= 4 is 17.9 Å². The Morgan fingerprint density at radius 3 is 1.35 bits per heavy atom. The molecule has 0 fully saturated rings. The number of carboxylic acids is 1. The smallest absolute Gasteiger partial charge is 0.361 e. The summed E-state index contributed by atoms with van der Waals surface area (Å²) in [4.78, 5) is 36.7. The Morgan fingerprint density at radius 2 is 0.927 bits per heavy atom. The average Bonchev–Trinajstić information content (AvgIpc) is 3.14. The number of allylic oxidation sites excluding steroid dienone is 2. The number of esters is 2. The fourth-order valence-electron chi connectivity index (χ4n) is 6.42. The summed E-state index contributed by atoms with van der Waals surface area (Å²) >= 11 is 0. The van der Waals surface area contributed by atoms with E-state index in [-0.39, 0.29) is 32.2 Å². The van der Waals surface area contributed by atoms with E-state index in [0.29, 0.717) is 17.4 Å². The van der Waals surface area contributed by atoms with E-state index in [2.05, 4.69) is 26.0 Å². The van der Waals surface area contributed by atoms with Crippen LogP contribution in [0.4, 0.5) is 0 Å². The number of unbranched alkanes of at least 4 members (excludes halogenated alkanes) is 25. The molecule has 0 bridgehead atoms. The molecule has 0 aliphatic rings. The third kappa shape index (κ3) is 40.0. The lowest BCUT2D eigenvalue weighted by Gasteiger charge is -2.25. The molecule has 1 N–H and O–H groups in total. The number of ether oxygens (including phenoxy) is 4. The monoisotopic (exact) mass is 783 g/mol. The van der Waals surface area contributed by atoms with Crippen molar-refractivity contribution in [2.45, 2.75) is 219 Å². The summed E-state index contributed by atoms with van der Waals surface area (Å²) in [5.41, 5.74) is 0. The zero-order valence-corrected chi connectivity index (χ0v) is 36.6. The molecule has 0 heterocycles. The first-order chi connectivity index (χ1) is 26.6. The number of carboxylic acid groups (broad SMARTS) is 1. The Balaban J connectivity index is 4.08. The van der Waals surface area contributed by atoms with Crippen LogP contribution in [0.2, 0.25) is 0 Å². The van der Waals surface area contributed by atoms with Crippen LogP contribution in [0.1, 0.15) is 206 Å². The Morgan fingerprint density at radius 1 is 0.527 bits per heavy atom. The number of hydrogen-bond donors (Lipinski definition) is 1. The van der Waals surface area contributed by atoms with Crippen LogP contribution in [0.25, 0.3) is 0 Å². The van der Waals surface area contributed by atoms with Crippen molar-refractivity contribution in [3.05, 3.63) is 12.2 Å². The van der Waals surface area contributed by atoms with E-state index in [1.807, 2.05) is 21.1 Å². The number of rotatable bonds is 42. The molecule has 0 aromatic heterocycles. The molecule has 2 atom stereocenters. The fraction of sp³-hybridized carbons (Fsp3) is 0.891. The van der Waals surface area contributed by atoms with Gasteiger partial charge >= 0.3 is 17.9 Å². The maximum absolute atomic E-state index is 12.7. The van der Waals surface area contributed by atoms with E-state index in [0.717, 1.165) is 51.4 Å². The molecule has 0 spiro atoms. The Hall–Kier alpha value is -1.97. The predicted molar refractivity (Wildman–Crippen MR) is 226 cm³/mol. The van der Waals surface area contributed by atoms with E-state index >= 15 is 0 Å². The van der Waals surface area contributed by atoms with E-state index in [4.69, 9.17) is 18.9 Å². The highest BCUT2D eigenvalue weighted by Gasteiger charge is 2.25. The van der Waals surface area contributed by atoms with Gasteiger partial charge in [0.25, 0.3) is 6.29 Å². The second-order valence-electron chi connectivity index (χ2n) is 16.7. The van der Waals surface area contributed by atoms with E-state index in [1.54, 1.807) is 0 Å². The van der Waals surface area contributed by atoms with Crippen LogP contribution in [-0.2, 0) is 33.3 Å². The van der Waals surface area contributed by atoms with Gasteiger partial charge in [0.15, 0.2) is 6.10 Å². The molecule has 0 aliphatic carbocycles. The zero-order valence-electron chi connectivity index (χ0n) is 36.6. The van der Waals surface area contributed by atoms with Gasteiger partial charge in [-0.3, -0.25) is 9.59 Å². The fourth-order valence-corrected chi connectivity index (χ4v) is 6.42. The third-order valence-corrected chi connectivity index (χ3v) is 10.0. The van der Waals surface area contributed by atoms with Gasteiger partial charge in [-0.25, -0.2) is 4.79 Å². The number of nitrogens with zero attached hydrogens (tertiary/aromatic N) is 1. The highest BCUT2D eigenvalue weighted by Crippen LogP contribution is 2.15. The third-order valence-electron chi connectivity index (χ3n) is 10.0. The topological polar surface area (TPSA) is 108 Å². The van der Waals surface area contributed by atoms with Crippen molar-refractivity contribution in [1.29, 1.82) is 0 Å². The molecular formula is C46H88NO8+. The maximum Gasteiger partial charge on any atom is 0.361 e. The Labute approximate surface area is 338 Å². The second kappa shape index (κ2) is 38.9. The lowest BCUT2D eigenvalue weighted by Crippen LogP contribution is -2.40. The molecule has 324 valence electrons. The predicted octanol–water partition coefficient (Wildman–Crippen LogP) is 11.9. The molecule has 0 aromatic carbocycles. The largest absolute Gasteiger partial charge is 0.477 e. The highest BCUT2D eigenvalue weighted by molar-refractivity contribution is 5.71. The summed E-state index contributed by atoms with van der Waals surface area (Å²) in [6.07, 6.45) is 37.6. The van der Waals surface area contributed by atoms with Gasteiger partial charge in [0, 0.05) is 12.8 Å². The number of hydrogen-bond acceptors (Lipinski definition) is 7. The quantitative estimate of drug-likeness (QED) is 0.0214. The molecule has 55 heavy (non-hydrogen) atoms. The van der Waals surface area contributed by atoms with Crippen molar-refractivity contribution in [2.75, 3.05) is 47.5 Å². The molecule has 0 saturated carbocycles. The normalized spacial score (nSPS) is 13.0. The Bertz CT molecular complexity index is 918. The van der Waals surface area contributed by atoms with E-state index in [1.165, 1.54) is 128 Å². The molecule has 0 saturated heterocycles. The molecule has 0 amide bonds. The highest BCUT2D eigenvalue weighted by atomic mass is 16.7. The van der Waals surface area contributed by atoms with E-state index in [9.17, 15) is 19.5 Å². The standard InChI is InChI=1S/C46H87NO8/c1-6-8-10-12-13-14-15-16-17-18-19-20-21-22-23-24-25-26-27-28-29-30-31-33-35-37-44(49)55-42(40-53-43(48)36-34-32-11-9-7-2)41-54-46(45(50)51)52-39-38-47(3,4)5/h18-19,42,46H,6-17,20-41H2,1-5H3/p+1/b19-18-. The minimum Gasteiger partial charge on any atom is -0.477 e. The number of carbonyl (C=O) groups excluding carboxylic acids is 2. The summed E-state index contributed by atoms with van der Waals surface area (Å²) in [6, 6.07) is 0. The van der Waals surface area contributed by atoms with Gasteiger partial charge in [-0.2, -0.15) is 0 Å². The van der Waals surface area contributed by atoms with Crippen LogP contribution >= 0.6 is 0 Å². The number of quaternary nitrogens is 1. The van der Waals surface area contributed by atoms with Crippen LogP contribution < -0.4 is 0 Å². The van der Waals surface area contributed by atoms with Crippen molar-refractivity contribution in [2.24, 2.45) is 0 Å². The number of likely N-dealkylation sites (N-methyl/N-ethyl adjacent to an activating group) is 1. The van der Waals surface area contributed by atoms with Gasteiger partial charge in [0.1, 0.15) is 13.2 Å². The van der Waals surface area contributed by atoms with Gasteiger partial charge in [0.2, 0.25) is 0 Å². The summed E-state index contributed by atoms with van der Waals surface area (Å²) in [5.74, 6) is -2.01. The molecule has 0 rings (SSSR count). The van der Waals surface area contributed by atoms with Crippen molar-refractivity contribution < 1.29 is 42.9 Å². The first-order valence-electron chi connectivity index (χ1n) is 22.9. The minimum atomic E-state index is -1.50. The van der Waals surface area contributed by atoms with Gasteiger partial charge in [-0.1, -0.05) is 167 Å².